The van der Waals surface area contributed by atoms with Crippen LogP contribution in [0.4, 0.5) is 0 Å². The third-order valence-corrected chi connectivity index (χ3v) is 5.56. The molecule has 2 aromatic heterocycles. The summed E-state index contributed by atoms with van der Waals surface area (Å²) in [6.07, 6.45) is 8.88. The molecule has 4 rings (SSSR count). The number of aromatic nitrogens is 4. The SMILES string of the molecule is Cc1n[nH]c(C)c1C1CCCN1C(=O)c1ccn(C2CCCC2)n1. The number of amides is 1. The van der Waals surface area contributed by atoms with Crippen LogP contribution < -0.4 is 0 Å². The maximum Gasteiger partial charge on any atom is 0.274 e. The lowest BCUT2D eigenvalue weighted by Gasteiger charge is -2.24. The zero-order valence-electron chi connectivity index (χ0n) is 14.5. The van der Waals surface area contributed by atoms with E-state index in [-0.39, 0.29) is 11.9 Å². The van der Waals surface area contributed by atoms with Gasteiger partial charge in [0.25, 0.3) is 5.91 Å². The number of likely N-dealkylation sites (tertiary alicyclic amines) is 1. The molecule has 6 heteroatoms. The Morgan fingerprint density at radius 1 is 1.21 bits per heavy atom. The number of nitrogens with zero attached hydrogens (tertiary/aromatic N) is 4. The molecule has 0 bridgehead atoms. The second-order valence-electron chi connectivity index (χ2n) is 7.12. The summed E-state index contributed by atoms with van der Waals surface area (Å²) in [6.45, 7) is 4.84. The first kappa shape index (κ1) is 15.4. The molecular formula is C18H25N5O. The van der Waals surface area contributed by atoms with Gasteiger partial charge in [-0.25, -0.2) is 0 Å². The van der Waals surface area contributed by atoms with Crippen molar-refractivity contribution in [2.45, 2.75) is 64.5 Å². The fraction of sp³-hybridized carbons (Fsp3) is 0.611. The summed E-state index contributed by atoms with van der Waals surface area (Å²) in [5, 5.41) is 11.9. The second-order valence-corrected chi connectivity index (χ2v) is 7.12. The fourth-order valence-electron chi connectivity index (χ4n) is 4.33. The highest BCUT2D eigenvalue weighted by Crippen LogP contribution is 2.36. The Morgan fingerprint density at radius 3 is 2.71 bits per heavy atom. The van der Waals surface area contributed by atoms with E-state index in [2.05, 4.69) is 15.3 Å². The first-order chi connectivity index (χ1) is 11.6. The van der Waals surface area contributed by atoms with Crippen LogP contribution in [0, 0.1) is 13.8 Å². The molecular weight excluding hydrogens is 302 g/mol. The Balaban J connectivity index is 1.57. The zero-order valence-corrected chi connectivity index (χ0v) is 14.5. The molecule has 128 valence electrons. The number of rotatable bonds is 3. The van der Waals surface area contributed by atoms with Crippen LogP contribution in [0.15, 0.2) is 12.3 Å². The number of aromatic amines is 1. The Bertz CT molecular complexity index is 721. The highest BCUT2D eigenvalue weighted by Gasteiger charge is 2.34. The maximum atomic E-state index is 13.0. The number of hydrogen-bond acceptors (Lipinski definition) is 3. The van der Waals surface area contributed by atoms with Crippen molar-refractivity contribution in [1.29, 1.82) is 0 Å². The van der Waals surface area contributed by atoms with Gasteiger partial charge in [-0.1, -0.05) is 12.8 Å². The van der Waals surface area contributed by atoms with Gasteiger partial charge in [-0.2, -0.15) is 10.2 Å². The largest absolute Gasteiger partial charge is 0.330 e. The highest BCUT2D eigenvalue weighted by molar-refractivity contribution is 5.92. The lowest BCUT2D eigenvalue weighted by Crippen LogP contribution is -2.31. The minimum Gasteiger partial charge on any atom is -0.330 e. The van der Waals surface area contributed by atoms with Crippen molar-refractivity contribution in [3.8, 4) is 0 Å². The van der Waals surface area contributed by atoms with E-state index in [1.165, 1.54) is 31.2 Å². The fourth-order valence-corrected chi connectivity index (χ4v) is 4.33. The summed E-state index contributed by atoms with van der Waals surface area (Å²) in [7, 11) is 0. The van der Waals surface area contributed by atoms with Crippen molar-refractivity contribution in [1.82, 2.24) is 24.9 Å². The molecule has 0 aromatic carbocycles. The molecule has 0 spiro atoms. The standard InChI is InChI=1S/C18H25N5O/c1-12-17(13(2)20-19-12)16-8-5-10-22(16)18(24)15-9-11-23(21-15)14-6-3-4-7-14/h9,11,14,16H,3-8,10H2,1-2H3,(H,19,20). The predicted molar refractivity (Wildman–Crippen MR) is 90.8 cm³/mol. The topological polar surface area (TPSA) is 66.8 Å². The van der Waals surface area contributed by atoms with Gasteiger partial charge < -0.3 is 4.90 Å². The van der Waals surface area contributed by atoms with E-state index in [1.807, 2.05) is 35.7 Å². The average molecular weight is 327 g/mol. The molecule has 1 aliphatic carbocycles. The molecule has 1 N–H and O–H groups in total. The average Bonchev–Trinajstić information content (AvgIpc) is 3.34. The molecule has 1 atom stereocenters. The van der Waals surface area contributed by atoms with Gasteiger partial charge in [0.1, 0.15) is 5.69 Å². The van der Waals surface area contributed by atoms with Gasteiger partial charge in [-0.15, -0.1) is 0 Å². The Labute approximate surface area is 142 Å². The maximum absolute atomic E-state index is 13.0. The molecule has 6 nitrogen and oxygen atoms in total. The van der Waals surface area contributed by atoms with E-state index in [0.29, 0.717) is 11.7 Å². The minimum absolute atomic E-state index is 0.0502. The third kappa shape index (κ3) is 2.54. The van der Waals surface area contributed by atoms with Crippen LogP contribution in [0.3, 0.4) is 0 Å². The molecule has 1 saturated heterocycles. The first-order valence-electron chi connectivity index (χ1n) is 9.02. The van der Waals surface area contributed by atoms with Crippen molar-refractivity contribution >= 4 is 5.91 Å². The van der Waals surface area contributed by atoms with E-state index >= 15 is 0 Å². The number of H-pyrrole nitrogens is 1. The van der Waals surface area contributed by atoms with E-state index in [9.17, 15) is 4.79 Å². The van der Waals surface area contributed by atoms with Crippen LogP contribution in [0.2, 0.25) is 0 Å². The molecule has 2 fully saturated rings. The summed E-state index contributed by atoms with van der Waals surface area (Å²) < 4.78 is 2.00. The van der Waals surface area contributed by atoms with Crippen molar-refractivity contribution in [3.05, 3.63) is 34.9 Å². The van der Waals surface area contributed by atoms with Crippen molar-refractivity contribution in [2.24, 2.45) is 0 Å². The summed E-state index contributed by atoms with van der Waals surface area (Å²) in [4.78, 5) is 15.0. The van der Waals surface area contributed by atoms with E-state index < -0.39 is 0 Å². The molecule has 1 saturated carbocycles. The van der Waals surface area contributed by atoms with E-state index in [4.69, 9.17) is 0 Å². The molecule has 1 amide bonds. The monoisotopic (exact) mass is 327 g/mol. The van der Waals surface area contributed by atoms with Gasteiger partial charge in [0.05, 0.1) is 17.8 Å². The van der Waals surface area contributed by atoms with Crippen LogP contribution in [0.1, 0.15) is 78.0 Å². The summed E-state index contributed by atoms with van der Waals surface area (Å²) in [6, 6.07) is 2.47. The summed E-state index contributed by atoms with van der Waals surface area (Å²) in [5.74, 6) is 0.0502. The zero-order chi connectivity index (χ0) is 16.7. The van der Waals surface area contributed by atoms with Crippen molar-refractivity contribution in [2.75, 3.05) is 6.54 Å². The van der Waals surface area contributed by atoms with E-state index in [0.717, 1.165) is 30.8 Å². The van der Waals surface area contributed by atoms with Crippen LogP contribution >= 0.6 is 0 Å². The van der Waals surface area contributed by atoms with Gasteiger partial charge in [0.2, 0.25) is 0 Å². The number of carbonyl (C=O) groups is 1. The van der Waals surface area contributed by atoms with Gasteiger partial charge in [-0.3, -0.25) is 14.6 Å². The normalized spacial score (nSPS) is 21.8. The van der Waals surface area contributed by atoms with Gasteiger partial charge in [-0.05, 0) is 45.6 Å². The molecule has 3 heterocycles. The smallest absolute Gasteiger partial charge is 0.274 e. The van der Waals surface area contributed by atoms with Crippen molar-refractivity contribution < 1.29 is 4.79 Å². The number of carbonyl (C=O) groups excluding carboxylic acids is 1. The number of nitrogens with one attached hydrogen (secondary N) is 1. The molecule has 1 aliphatic heterocycles. The van der Waals surface area contributed by atoms with Crippen LogP contribution in [0.5, 0.6) is 0 Å². The van der Waals surface area contributed by atoms with Gasteiger partial charge in [0, 0.05) is 24.0 Å². The van der Waals surface area contributed by atoms with Gasteiger partial charge >= 0.3 is 0 Å². The lowest BCUT2D eigenvalue weighted by molar-refractivity contribution is 0.0728. The van der Waals surface area contributed by atoms with Crippen LogP contribution in [-0.4, -0.2) is 37.3 Å². The van der Waals surface area contributed by atoms with Crippen LogP contribution in [0.25, 0.3) is 0 Å². The predicted octanol–water partition coefficient (Wildman–Crippen LogP) is 3.32. The molecule has 0 radical (unpaired) electrons. The summed E-state index contributed by atoms with van der Waals surface area (Å²) in [5.41, 5.74) is 3.81. The van der Waals surface area contributed by atoms with Crippen molar-refractivity contribution in [3.63, 3.8) is 0 Å². The molecule has 1 unspecified atom stereocenters. The van der Waals surface area contributed by atoms with Crippen LogP contribution in [-0.2, 0) is 0 Å². The van der Waals surface area contributed by atoms with Gasteiger partial charge in [0.15, 0.2) is 0 Å². The highest BCUT2D eigenvalue weighted by atomic mass is 16.2. The Hall–Kier alpha value is -2.11. The number of aryl methyl sites for hydroxylation is 2. The second kappa shape index (κ2) is 6.07. The first-order valence-corrected chi connectivity index (χ1v) is 9.02. The molecule has 2 aliphatic rings. The Kier molecular flexibility index (Phi) is 3.90. The lowest BCUT2D eigenvalue weighted by atomic mass is 10.0. The van der Waals surface area contributed by atoms with E-state index in [1.54, 1.807) is 0 Å². The minimum atomic E-state index is 0.0502. The number of hydrogen-bond donors (Lipinski definition) is 1. The quantitative estimate of drug-likeness (QED) is 0.940. The molecule has 24 heavy (non-hydrogen) atoms. The Morgan fingerprint density at radius 2 is 2.00 bits per heavy atom. The third-order valence-electron chi connectivity index (χ3n) is 5.56. The molecule has 2 aromatic rings. The summed E-state index contributed by atoms with van der Waals surface area (Å²) >= 11 is 0.